The Hall–Kier alpha value is -4.42. The van der Waals surface area contributed by atoms with Gasteiger partial charge in [0.25, 0.3) is 0 Å². The van der Waals surface area contributed by atoms with E-state index in [1.54, 1.807) is 32.1 Å². The average Bonchev–Trinajstić information content (AvgIpc) is 3.21. The number of ether oxygens (including phenoxy) is 8. The van der Waals surface area contributed by atoms with Crippen LogP contribution in [0.1, 0.15) is 33.3 Å². The molecule has 1 aromatic heterocycles. The number of hydrogen-bond acceptors (Lipinski definition) is 20. The number of aliphatic hydroxyl groups is 8. The minimum Gasteiger partial charge on any atom is -0.507 e. The second kappa shape index (κ2) is 18.7. The molecule has 3 saturated heterocycles. The zero-order valence-corrected chi connectivity index (χ0v) is 33.2. The van der Waals surface area contributed by atoms with E-state index in [1.165, 1.54) is 26.2 Å². The summed E-state index contributed by atoms with van der Waals surface area (Å²) < 4.78 is 52.1. The standard InChI is InChI=1S/C40H50O20/c1-15(2)6-11-20-23(56-39-31(50)29(48)27(46)24(13-41)57-39)12-21(43)25-28(47)36(34(58-35(20)25)18-7-9-19(52-5)10-8-18)60-40-32(51)37(33(16(3)54-40)55-17(4)42)59-38-30(49)26(45)22(44)14-53-38/h6-10,12,16,22,24,26-27,29-33,37-41,43-46,48-51H,11,13-14H2,1-5H3/t16-,22+,24-,26-,27-,29-,30+,31-,32-,33-,37+,38-,39-,40-/m0/s1. The molecule has 9 N–H and O–H groups in total. The quantitative estimate of drug-likeness (QED) is 0.0788. The van der Waals surface area contributed by atoms with Gasteiger partial charge in [-0.3, -0.25) is 9.59 Å². The van der Waals surface area contributed by atoms with E-state index >= 15 is 0 Å². The monoisotopic (exact) mass is 850 g/mol. The summed E-state index contributed by atoms with van der Waals surface area (Å²) >= 11 is 0. The van der Waals surface area contributed by atoms with Crippen LogP contribution in [0, 0.1) is 0 Å². The lowest BCUT2D eigenvalue weighted by molar-refractivity contribution is -0.336. The number of esters is 1. The number of allylic oxidation sites excluding steroid dienone is 2. The number of methoxy groups -OCH3 is 1. The predicted octanol–water partition coefficient (Wildman–Crippen LogP) is -0.898. The molecule has 20 heteroatoms. The van der Waals surface area contributed by atoms with E-state index in [2.05, 4.69) is 0 Å². The molecule has 3 fully saturated rings. The number of benzene rings is 2. The van der Waals surface area contributed by atoms with Crippen LogP contribution in [-0.4, -0.2) is 158 Å². The third kappa shape index (κ3) is 9.10. The molecule has 6 rings (SSSR count). The Labute approximate surface area is 342 Å². The van der Waals surface area contributed by atoms with Gasteiger partial charge in [-0.1, -0.05) is 11.6 Å². The van der Waals surface area contributed by atoms with E-state index in [1.807, 2.05) is 0 Å². The summed E-state index contributed by atoms with van der Waals surface area (Å²) in [5, 5.41) is 94.9. The summed E-state index contributed by atoms with van der Waals surface area (Å²) in [5.74, 6) is -2.05. The van der Waals surface area contributed by atoms with Crippen molar-refractivity contribution in [2.24, 2.45) is 0 Å². The molecule has 0 spiro atoms. The highest BCUT2D eigenvalue weighted by Gasteiger charge is 2.51. The van der Waals surface area contributed by atoms with Crippen molar-refractivity contribution in [2.45, 2.75) is 120 Å². The highest BCUT2D eigenvalue weighted by Crippen LogP contribution is 2.42. The maximum absolute atomic E-state index is 14.7. The molecule has 20 nitrogen and oxygen atoms in total. The van der Waals surface area contributed by atoms with Gasteiger partial charge >= 0.3 is 5.97 Å². The first-order chi connectivity index (χ1) is 28.4. The first kappa shape index (κ1) is 45.1. The molecular formula is C40H50O20. The summed E-state index contributed by atoms with van der Waals surface area (Å²) in [5.41, 5.74) is 0.0226. The van der Waals surface area contributed by atoms with E-state index in [-0.39, 0.29) is 34.6 Å². The van der Waals surface area contributed by atoms with E-state index < -0.39 is 128 Å². The number of hydrogen-bond donors (Lipinski definition) is 9. The Balaban J connectivity index is 1.48. The fraction of sp³-hybridized carbons (Fsp3) is 0.550. The summed E-state index contributed by atoms with van der Waals surface area (Å²) in [6.07, 6.45) is -20.9. The zero-order valence-electron chi connectivity index (χ0n) is 33.2. The lowest BCUT2D eigenvalue weighted by atomic mass is 9.98. The maximum atomic E-state index is 14.7. The lowest BCUT2D eigenvalue weighted by Crippen LogP contribution is -2.63. The fourth-order valence-corrected chi connectivity index (χ4v) is 7.06. The van der Waals surface area contributed by atoms with Crippen LogP contribution in [0.15, 0.2) is 51.2 Å². The number of phenols is 1. The van der Waals surface area contributed by atoms with Gasteiger partial charge in [0.1, 0.15) is 83.2 Å². The number of aliphatic hydroxyl groups excluding tert-OH is 8. The van der Waals surface area contributed by atoms with Gasteiger partial charge in [0.05, 0.1) is 26.4 Å². The number of carbonyl (C=O) groups excluding carboxylic acids is 1. The van der Waals surface area contributed by atoms with Crippen LogP contribution >= 0.6 is 0 Å². The molecule has 60 heavy (non-hydrogen) atoms. The van der Waals surface area contributed by atoms with Gasteiger partial charge in [0.2, 0.25) is 23.8 Å². The largest absolute Gasteiger partial charge is 0.507 e. The molecule has 330 valence electrons. The maximum Gasteiger partial charge on any atom is 0.303 e. The second-order valence-corrected chi connectivity index (χ2v) is 14.9. The fourth-order valence-electron chi connectivity index (χ4n) is 7.06. The summed E-state index contributed by atoms with van der Waals surface area (Å²) in [6, 6.07) is 7.24. The molecule has 0 saturated carbocycles. The minimum atomic E-state index is -1.92. The van der Waals surface area contributed by atoms with Gasteiger partial charge in [-0.15, -0.1) is 0 Å². The Morgan fingerprint density at radius 2 is 1.52 bits per heavy atom. The molecule has 0 bridgehead atoms. The Morgan fingerprint density at radius 3 is 2.15 bits per heavy atom. The van der Waals surface area contributed by atoms with E-state index in [0.717, 1.165) is 18.6 Å². The SMILES string of the molecule is COc1ccc(-c2oc3c(CC=C(C)C)c(O[C@H]4O[C@@H](CO)[C@H](O)[C@H](O)[C@@H]4O)cc(O)c3c(=O)c2O[C@@H]2O[C@@H](C)[C@H](OC(C)=O)[C@H](O[C@@H]3OC[C@@H](O)[C@H](O)[C@H]3O)[C@@H]2O)cc1. The number of phenolic OH excluding ortho intramolecular Hbond substituents is 1. The minimum absolute atomic E-state index is 0.0103. The number of fused-ring (bicyclic) bond motifs is 1. The van der Waals surface area contributed by atoms with Gasteiger partial charge in [-0.05, 0) is 51.5 Å². The molecule has 3 aromatic rings. The van der Waals surface area contributed by atoms with Gasteiger partial charge in [-0.2, -0.15) is 0 Å². The van der Waals surface area contributed by atoms with Gasteiger partial charge in [0.15, 0.2) is 18.2 Å². The molecule has 14 atom stereocenters. The average molecular weight is 851 g/mol. The number of aromatic hydroxyl groups is 1. The van der Waals surface area contributed by atoms with Crippen LogP contribution < -0.4 is 19.6 Å². The van der Waals surface area contributed by atoms with Crippen LogP contribution in [0.25, 0.3) is 22.3 Å². The molecule has 2 aromatic carbocycles. The van der Waals surface area contributed by atoms with Crippen LogP contribution in [0.4, 0.5) is 0 Å². The summed E-state index contributed by atoms with van der Waals surface area (Å²) in [4.78, 5) is 26.9. The first-order valence-electron chi connectivity index (χ1n) is 19.0. The van der Waals surface area contributed by atoms with Crippen molar-refractivity contribution in [1.29, 1.82) is 0 Å². The van der Waals surface area contributed by atoms with E-state index in [4.69, 9.17) is 42.3 Å². The predicted molar refractivity (Wildman–Crippen MR) is 203 cm³/mol. The smallest absolute Gasteiger partial charge is 0.303 e. The van der Waals surface area contributed by atoms with Crippen LogP contribution in [-0.2, 0) is 34.9 Å². The molecule has 0 unspecified atom stereocenters. The molecule has 3 aliphatic rings. The first-order valence-corrected chi connectivity index (χ1v) is 19.0. The van der Waals surface area contributed by atoms with Crippen molar-refractivity contribution in [3.8, 4) is 34.3 Å². The molecule has 3 aliphatic heterocycles. The summed E-state index contributed by atoms with van der Waals surface area (Å²) in [7, 11) is 1.44. The van der Waals surface area contributed by atoms with Gasteiger partial charge in [0, 0.05) is 24.1 Å². The van der Waals surface area contributed by atoms with Crippen LogP contribution in [0.5, 0.6) is 23.0 Å². The Morgan fingerprint density at radius 1 is 0.850 bits per heavy atom. The van der Waals surface area contributed by atoms with Crippen molar-refractivity contribution >= 4 is 16.9 Å². The number of carbonyl (C=O) groups is 1. The molecular weight excluding hydrogens is 800 g/mol. The van der Waals surface area contributed by atoms with Gasteiger partial charge in [-0.25, -0.2) is 0 Å². The Bertz CT molecular complexity index is 2060. The van der Waals surface area contributed by atoms with Crippen molar-refractivity contribution < 1.29 is 93.1 Å². The van der Waals surface area contributed by atoms with Crippen LogP contribution in [0.3, 0.4) is 0 Å². The zero-order chi connectivity index (χ0) is 43.7. The van der Waals surface area contributed by atoms with E-state index in [0.29, 0.717) is 5.75 Å². The van der Waals surface area contributed by atoms with Crippen molar-refractivity contribution in [2.75, 3.05) is 20.3 Å². The molecule has 0 radical (unpaired) electrons. The second-order valence-electron chi connectivity index (χ2n) is 14.9. The molecule has 0 amide bonds. The van der Waals surface area contributed by atoms with Crippen molar-refractivity contribution in [1.82, 2.24) is 0 Å². The van der Waals surface area contributed by atoms with Crippen molar-refractivity contribution in [3.05, 3.63) is 57.8 Å². The number of rotatable bonds is 12. The lowest BCUT2D eigenvalue weighted by Gasteiger charge is -2.45. The highest BCUT2D eigenvalue weighted by molar-refractivity contribution is 5.91. The van der Waals surface area contributed by atoms with Crippen molar-refractivity contribution in [3.63, 3.8) is 0 Å². The topological polar surface area (TPSA) is 303 Å². The third-order valence-electron chi connectivity index (χ3n) is 10.4. The van der Waals surface area contributed by atoms with Crippen LogP contribution in [0.2, 0.25) is 0 Å². The Kier molecular flexibility index (Phi) is 14.0. The third-order valence-corrected chi connectivity index (χ3v) is 10.4. The van der Waals surface area contributed by atoms with E-state index in [9.17, 15) is 55.5 Å². The van der Waals surface area contributed by atoms with Gasteiger partial charge < -0.3 is 88.3 Å². The summed E-state index contributed by atoms with van der Waals surface area (Å²) in [6.45, 7) is 4.97. The normalized spacial score (nSPS) is 33.2. The molecule has 4 heterocycles. The highest BCUT2D eigenvalue weighted by atomic mass is 16.7. The molecule has 0 aliphatic carbocycles.